The lowest BCUT2D eigenvalue weighted by Crippen LogP contribution is -2.27. The second-order valence-corrected chi connectivity index (χ2v) is 14.7. The largest absolute Gasteiger partial charge is 0.208 e. The molecule has 0 aliphatic heterocycles. The molecule has 0 amide bonds. The fourth-order valence-corrected chi connectivity index (χ4v) is 8.82. The summed E-state index contributed by atoms with van der Waals surface area (Å²) in [6.07, 6.45) is 6.49. The van der Waals surface area contributed by atoms with E-state index in [4.69, 9.17) is 15.0 Å². The molecule has 10 rings (SSSR count). The van der Waals surface area contributed by atoms with Crippen molar-refractivity contribution >= 4 is 0 Å². The monoisotopic (exact) mass is 693 g/mol. The van der Waals surface area contributed by atoms with E-state index in [9.17, 15) is 0 Å². The second-order valence-electron chi connectivity index (χ2n) is 14.7. The van der Waals surface area contributed by atoms with Crippen molar-refractivity contribution in [3.05, 3.63) is 187 Å². The second kappa shape index (κ2) is 13.5. The molecule has 2 aliphatic rings. The first-order valence-corrected chi connectivity index (χ1v) is 19.1. The van der Waals surface area contributed by atoms with Gasteiger partial charge in [-0.15, -0.1) is 0 Å². The highest BCUT2D eigenvalue weighted by Gasteiger charge is 2.43. The maximum absolute atomic E-state index is 5.03. The normalized spacial score (nSPS) is 14.1. The smallest absolute Gasteiger partial charge is 0.164 e. The third kappa shape index (κ3) is 5.74. The minimum atomic E-state index is 0.193. The highest BCUT2D eigenvalue weighted by Crippen LogP contribution is 2.56. The lowest BCUT2D eigenvalue weighted by molar-refractivity contribution is 0.353. The molecule has 1 heterocycles. The Kier molecular flexibility index (Phi) is 8.06. The molecule has 3 nitrogen and oxygen atoms in total. The number of aromatic nitrogens is 3. The molecule has 0 radical (unpaired) electrons. The van der Waals surface area contributed by atoms with E-state index >= 15 is 0 Å². The predicted octanol–water partition coefficient (Wildman–Crippen LogP) is 13.1. The van der Waals surface area contributed by atoms with Gasteiger partial charge >= 0.3 is 0 Å². The molecule has 2 aliphatic carbocycles. The Labute approximate surface area is 317 Å². The van der Waals surface area contributed by atoms with Gasteiger partial charge in [-0.2, -0.15) is 0 Å². The van der Waals surface area contributed by atoms with Crippen LogP contribution in [-0.4, -0.2) is 15.0 Å². The van der Waals surface area contributed by atoms with E-state index < -0.39 is 0 Å². The molecular weight excluding hydrogens is 655 g/mol. The highest BCUT2D eigenvalue weighted by atomic mass is 15.0. The minimum absolute atomic E-state index is 0.193. The third-order valence-corrected chi connectivity index (χ3v) is 11.6. The van der Waals surface area contributed by atoms with Crippen LogP contribution in [0.4, 0.5) is 0 Å². The maximum atomic E-state index is 5.03. The van der Waals surface area contributed by atoms with Crippen LogP contribution >= 0.6 is 0 Å². The minimum Gasteiger partial charge on any atom is -0.208 e. The van der Waals surface area contributed by atoms with Crippen molar-refractivity contribution in [1.82, 2.24) is 15.0 Å². The molecule has 3 heteroatoms. The van der Waals surface area contributed by atoms with Crippen molar-refractivity contribution in [1.29, 1.82) is 0 Å². The highest BCUT2D eigenvalue weighted by molar-refractivity contribution is 5.85. The van der Waals surface area contributed by atoms with E-state index in [0.29, 0.717) is 17.5 Å². The Morgan fingerprint density at radius 2 is 0.722 bits per heavy atom. The summed E-state index contributed by atoms with van der Waals surface area (Å²) in [5.41, 5.74) is 16.1. The summed E-state index contributed by atoms with van der Waals surface area (Å²) in [5, 5.41) is 0. The van der Waals surface area contributed by atoms with E-state index in [2.05, 4.69) is 140 Å². The molecule has 7 aromatic carbocycles. The third-order valence-electron chi connectivity index (χ3n) is 11.6. The van der Waals surface area contributed by atoms with Gasteiger partial charge in [-0.05, 0) is 80.6 Å². The topological polar surface area (TPSA) is 38.7 Å². The Hall–Kier alpha value is -6.45. The zero-order valence-electron chi connectivity index (χ0n) is 30.1. The molecule has 0 N–H and O–H groups in total. The lowest BCUT2D eigenvalue weighted by Gasteiger charge is -2.36. The Morgan fingerprint density at radius 3 is 1.39 bits per heavy atom. The van der Waals surface area contributed by atoms with Gasteiger partial charge in [0, 0.05) is 22.1 Å². The number of rotatable bonds is 6. The van der Waals surface area contributed by atoms with Crippen LogP contribution in [0.1, 0.15) is 43.2 Å². The summed E-state index contributed by atoms with van der Waals surface area (Å²) < 4.78 is 0. The average Bonchev–Trinajstić information content (AvgIpc) is 3.52. The lowest BCUT2D eigenvalue weighted by atomic mass is 9.68. The van der Waals surface area contributed by atoms with Crippen LogP contribution in [0.25, 0.3) is 78.7 Å². The summed E-state index contributed by atoms with van der Waals surface area (Å²) in [7, 11) is 0. The van der Waals surface area contributed by atoms with E-state index in [1.54, 1.807) is 0 Å². The quantitative estimate of drug-likeness (QED) is 0.174. The molecule has 8 aromatic rings. The van der Waals surface area contributed by atoms with Crippen LogP contribution < -0.4 is 0 Å². The molecule has 0 atom stereocenters. The summed E-state index contributed by atoms with van der Waals surface area (Å²) in [6, 6.07) is 62.9. The van der Waals surface area contributed by atoms with Crippen molar-refractivity contribution in [2.45, 2.75) is 37.5 Å². The summed E-state index contributed by atoms with van der Waals surface area (Å²) >= 11 is 0. The van der Waals surface area contributed by atoms with Crippen molar-refractivity contribution in [3.63, 3.8) is 0 Å². The van der Waals surface area contributed by atoms with E-state index in [1.807, 2.05) is 36.4 Å². The molecule has 1 saturated carbocycles. The predicted molar refractivity (Wildman–Crippen MR) is 222 cm³/mol. The maximum Gasteiger partial charge on any atom is 0.164 e. The van der Waals surface area contributed by atoms with Gasteiger partial charge in [-0.3, -0.25) is 0 Å². The zero-order valence-corrected chi connectivity index (χ0v) is 30.1. The first kappa shape index (κ1) is 32.2. The summed E-state index contributed by atoms with van der Waals surface area (Å²) in [4.78, 5) is 15.0. The number of hydrogen-bond donors (Lipinski definition) is 0. The van der Waals surface area contributed by atoms with Crippen LogP contribution in [0, 0.1) is 0 Å². The van der Waals surface area contributed by atoms with Crippen LogP contribution in [0.3, 0.4) is 0 Å². The SMILES string of the molecule is c1ccc(-c2cccc(-c3nc(-c4ccccc4)nc(-c4ccc(-c5ccc(-c6ccc7c(c6)-c6ccccc6C76CCCCC6)cc5)cc4)n3)c2)cc1. The molecule has 1 fully saturated rings. The van der Waals surface area contributed by atoms with Crippen molar-refractivity contribution < 1.29 is 0 Å². The van der Waals surface area contributed by atoms with Crippen LogP contribution in [0.15, 0.2) is 176 Å². The Balaban J connectivity index is 0.953. The molecule has 0 unspecified atom stereocenters. The van der Waals surface area contributed by atoms with Gasteiger partial charge in [0.05, 0.1) is 0 Å². The van der Waals surface area contributed by atoms with E-state index in [0.717, 1.165) is 33.4 Å². The fourth-order valence-electron chi connectivity index (χ4n) is 8.82. The van der Waals surface area contributed by atoms with Gasteiger partial charge in [-0.1, -0.05) is 183 Å². The number of nitrogens with zero attached hydrogens (tertiary/aromatic N) is 3. The Morgan fingerprint density at radius 1 is 0.296 bits per heavy atom. The van der Waals surface area contributed by atoms with E-state index in [-0.39, 0.29) is 5.41 Å². The van der Waals surface area contributed by atoms with Crippen molar-refractivity contribution in [3.8, 4) is 78.7 Å². The van der Waals surface area contributed by atoms with Crippen molar-refractivity contribution in [2.24, 2.45) is 0 Å². The number of hydrogen-bond acceptors (Lipinski definition) is 3. The summed E-state index contributed by atoms with van der Waals surface area (Å²) in [5.74, 6) is 1.96. The van der Waals surface area contributed by atoms with Gasteiger partial charge in [0.15, 0.2) is 17.5 Å². The average molecular weight is 694 g/mol. The molecular formula is C51H39N3. The van der Waals surface area contributed by atoms with Gasteiger partial charge in [0.25, 0.3) is 0 Å². The molecule has 1 aromatic heterocycles. The van der Waals surface area contributed by atoms with Gasteiger partial charge in [0.1, 0.15) is 0 Å². The molecule has 0 bridgehead atoms. The molecule has 54 heavy (non-hydrogen) atoms. The first-order chi connectivity index (χ1) is 26.7. The number of fused-ring (bicyclic) bond motifs is 5. The standard InChI is InChI=1S/C51H39N3/c1-4-13-35(14-5-1)41-17-12-18-43(33-41)50-53-48(39-15-6-2-7-16-39)52-49(54-50)40-27-25-37(26-28-40)36-21-23-38(24-22-36)42-29-30-47-45(34-42)44-19-8-9-20-46(44)51(47)31-10-3-11-32-51/h1-2,4-9,12-30,33-34H,3,10-11,31-32H2. The van der Waals surface area contributed by atoms with Gasteiger partial charge in [-0.25, -0.2) is 15.0 Å². The Bertz CT molecular complexity index is 2600. The van der Waals surface area contributed by atoms with Gasteiger partial charge in [0.2, 0.25) is 0 Å². The molecule has 1 spiro atoms. The van der Waals surface area contributed by atoms with Crippen molar-refractivity contribution in [2.75, 3.05) is 0 Å². The first-order valence-electron chi connectivity index (χ1n) is 19.1. The van der Waals surface area contributed by atoms with Crippen LogP contribution in [-0.2, 0) is 5.41 Å². The van der Waals surface area contributed by atoms with Gasteiger partial charge < -0.3 is 0 Å². The fraction of sp³-hybridized carbons (Fsp3) is 0.118. The summed E-state index contributed by atoms with van der Waals surface area (Å²) in [6.45, 7) is 0. The van der Waals surface area contributed by atoms with E-state index in [1.165, 1.54) is 71.0 Å². The van der Waals surface area contributed by atoms with Crippen LogP contribution in [0.2, 0.25) is 0 Å². The zero-order chi connectivity index (χ0) is 35.9. The molecule has 258 valence electrons. The molecule has 0 saturated heterocycles. The number of benzene rings is 7. The van der Waals surface area contributed by atoms with Crippen LogP contribution in [0.5, 0.6) is 0 Å².